The molecule has 6 nitrogen and oxygen atoms in total. The minimum Gasteiger partial charge on any atom is -0.399 e. The van der Waals surface area contributed by atoms with Gasteiger partial charge in [-0.15, -0.1) is 0 Å². The molecule has 0 aliphatic carbocycles. The maximum absolute atomic E-state index is 11.3. The van der Waals surface area contributed by atoms with E-state index in [0.717, 1.165) is 0 Å². The molecule has 100 valence electrons. The largest absolute Gasteiger partial charge is 0.399 e. The Morgan fingerprint density at radius 3 is 2.83 bits per heavy atom. The monoisotopic (exact) mass is 253 g/mol. The second kappa shape index (κ2) is 6.83. The first-order valence-corrected chi connectivity index (χ1v) is 5.64. The molecular formula is C12H19N3O3. The van der Waals surface area contributed by atoms with Gasteiger partial charge in [-0.3, -0.25) is 4.79 Å². The summed E-state index contributed by atoms with van der Waals surface area (Å²) in [7, 11) is 1.57. The second-order valence-corrected chi connectivity index (χ2v) is 3.98. The third kappa shape index (κ3) is 3.90. The van der Waals surface area contributed by atoms with E-state index in [1.807, 2.05) is 0 Å². The number of nitrogens with two attached hydrogens (primary N) is 2. The molecule has 1 aromatic carbocycles. The predicted molar refractivity (Wildman–Crippen MR) is 70.4 cm³/mol. The molecule has 0 saturated carbocycles. The molecule has 1 aromatic rings. The predicted octanol–water partition coefficient (Wildman–Crippen LogP) is 0.177. The number of carbonyl (C=O) groups is 1. The van der Waals surface area contributed by atoms with Gasteiger partial charge < -0.3 is 26.6 Å². The van der Waals surface area contributed by atoms with Crippen LogP contribution in [0.1, 0.15) is 16.8 Å². The van der Waals surface area contributed by atoms with Gasteiger partial charge in [0.15, 0.2) is 0 Å². The molecule has 6 N–H and O–H groups in total. The first-order valence-electron chi connectivity index (χ1n) is 5.64. The fourth-order valence-electron chi connectivity index (χ4n) is 1.67. The Morgan fingerprint density at radius 1 is 1.56 bits per heavy atom. The van der Waals surface area contributed by atoms with E-state index in [9.17, 15) is 4.79 Å². The van der Waals surface area contributed by atoms with Gasteiger partial charge in [0.05, 0.1) is 18.2 Å². The van der Waals surface area contributed by atoms with Crippen LogP contribution >= 0.6 is 0 Å². The molecule has 1 amide bonds. The Bertz CT molecular complexity index is 404. The Labute approximate surface area is 106 Å². The molecule has 0 radical (unpaired) electrons. The normalized spacial score (nSPS) is 12.1. The number of carbonyl (C=O) groups excluding carboxylic acids is 1. The molecule has 0 fully saturated rings. The molecule has 0 aromatic heterocycles. The number of primary amides is 1. The number of anilines is 2. The van der Waals surface area contributed by atoms with Crippen LogP contribution in [0.2, 0.25) is 0 Å². The third-order valence-corrected chi connectivity index (χ3v) is 2.51. The highest BCUT2D eigenvalue weighted by Gasteiger charge is 2.13. The lowest BCUT2D eigenvalue weighted by Gasteiger charge is -2.20. The summed E-state index contributed by atoms with van der Waals surface area (Å²) in [4.78, 5) is 11.3. The number of nitrogen functional groups attached to an aromatic ring is 1. The molecule has 6 heteroatoms. The van der Waals surface area contributed by atoms with Crippen LogP contribution in [0.15, 0.2) is 18.2 Å². The SMILES string of the molecule is COCC(CCO)Nc1cc(N)ccc1C(N)=O. The van der Waals surface area contributed by atoms with Crippen molar-refractivity contribution < 1.29 is 14.6 Å². The Hall–Kier alpha value is -1.79. The van der Waals surface area contributed by atoms with Crippen LogP contribution in [-0.2, 0) is 4.74 Å². The number of ether oxygens (including phenoxy) is 1. The van der Waals surface area contributed by atoms with Crippen LogP contribution in [0.5, 0.6) is 0 Å². The van der Waals surface area contributed by atoms with Gasteiger partial charge in [-0.25, -0.2) is 0 Å². The summed E-state index contributed by atoms with van der Waals surface area (Å²) in [6, 6.07) is 4.71. The summed E-state index contributed by atoms with van der Waals surface area (Å²) in [5.41, 5.74) is 12.4. The Morgan fingerprint density at radius 2 is 2.28 bits per heavy atom. The van der Waals surface area contributed by atoms with Crippen molar-refractivity contribution in [2.75, 3.05) is 31.4 Å². The van der Waals surface area contributed by atoms with Gasteiger partial charge in [-0.2, -0.15) is 0 Å². The number of aliphatic hydroxyl groups is 1. The van der Waals surface area contributed by atoms with E-state index in [1.165, 1.54) is 0 Å². The molecule has 1 atom stereocenters. The van der Waals surface area contributed by atoms with Crippen molar-refractivity contribution in [3.8, 4) is 0 Å². The van der Waals surface area contributed by atoms with E-state index >= 15 is 0 Å². The lowest BCUT2D eigenvalue weighted by Crippen LogP contribution is -2.27. The van der Waals surface area contributed by atoms with Crippen LogP contribution in [-0.4, -0.2) is 37.4 Å². The lowest BCUT2D eigenvalue weighted by molar-refractivity contribution is 0.100. The molecule has 1 unspecified atom stereocenters. The summed E-state index contributed by atoms with van der Waals surface area (Å²) in [5.74, 6) is -0.530. The van der Waals surface area contributed by atoms with Crippen LogP contribution < -0.4 is 16.8 Å². The number of rotatable bonds is 7. The molecule has 0 spiro atoms. The smallest absolute Gasteiger partial charge is 0.250 e. The van der Waals surface area contributed by atoms with Crippen molar-refractivity contribution in [1.29, 1.82) is 0 Å². The van der Waals surface area contributed by atoms with Crippen LogP contribution in [0.4, 0.5) is 11.4 Å². The number of nitrogens with one attached hydrogen (secondary N) is 1. The molecule has 0 heterocycles. The van der Waals surface area contributed by atoms with Gasteiger partial charge in [0.25, 0.3) is 5.91 Å². The number of aliphatic hydroxyl groups excluding tert-OH is 1. The maximum Gasteiger partial charge on any atom is 0.250 e. The summed E-state index contributed by atoms with van der Waals surface area (Å²) in [6.07, 6.45) is 0.501. The Balaban J connectivity index is 2.92. The fraction of sp³-hybridized carbons (Fsp3) is 0.417. The minimum atomic E-state index is -0.530. The molecule has 0 aliphatic rings. The molecule has 1 rings (SSSR count). The van der Waals surface area contributed by atoms with E-state index in [-0.39, 0.29) is 12.6 Å². The Kier molecular flexibility index (Phi) is 5.41. The van der Waals surface area contributed by atoms with Crippen molar-refractivity contribution >= 4 is 17.3 Å². The summed E-state index contributed by atoms with van der Waals surface area (Å²) in [6.45, 7) is 0.433. The topological polar surface area (TPSA) is 111 Å². The molecule has 18 heavy (non-hydrogen) atoms. The summed E-state index contributed by atoms with van der Waals surface area (Å²) >= 11 is 0. The first kappa shape index (κ1) is 14.3. The van der Waals surface area contributed by atoms with Crippen molar-refractivity contribution in [1.82, 2.24) is 0 Å². The number of amides is 1. The zero-order valence-corrected chi connectivity index (χ0v) is 10.3. The fourth-order valence-corrected chi connectivity index (χ4v) is 1.67. The van der Waals surface area contributed by atoms with Crippen molar-refractivity contribution in [3.63, 3.8) is 0 Å². The van der Waals surface area contributed by atoms with E-state index in [2.05, 4.69) is 5.32 Å². The van der Waals surface area contributed by atoms with Gasteiger partial charge >= 0.3 is 0 Å². The van der Waals surface area contributed by atoms with Gasteiger partial charge in [-0.1, -0.05) is 0 Å². The quantitative estimate of drug-likeness (QED) is 0.518. The van der Waals surface area contributed by atoms with E-state index in [1.54, 1.807) is 25.3 Å². The summed E-state index contributed by atoms with van der Waals surface area (Å²) < 4.78 is 5.04. The molecular weight excluding hydrogens is 234 g/mol. The van der Waals surface area contributed by atoms with E-state index in [4.69, 9.17) is 21.3 Å². The molecule has 0 bridgehead atoms. The highest BCUT2D eigenvalue weighted by atomic mass is 16.5. The average molecular weight is 253 g/mol. The zero-order valence-electron chi connectivity index (χ0n) is 10.3. The van der Waals surface area contributed by atoms with Crippen LogP contribution in [0.3, 0.4) is 0 Å². The highest BCUT2D eigenvalue weighted by molar-refractivity contribution is 5.99. The minimum absolute atomic E-state index is 0.0231. The van der Waals surface area contributed by atoms with Gasteiger partial charge in [-0.05, 0) is 24.6 Å². The maximum atomic E-state index is 11.3. The van der Waals surface area contributed by atoms with Crippen molar-refractivity contribution in [2.24, 2.45) is 5.73 Å². The standard InChI is InChI=1S/C12H19N3O3/c1-18-7-9(4-5-16)15-11-6-8(13)2-3-10(11)12(14)17/h2-3,6,9,15-16H,4-5,7,13H2,1H3,(H2,14,17). The van der Waals surface area contributed by atoms with Gasteiger partial charge in [0, 0.05) is 25.1 Å². The zero-order chi connectivity index (χ0) is 13.5. The first-order chi connectivity index (χ1) is 8.58. The summed E-state index contributed by atoms with van der Waals surface area (Å²) in [5, 5.41) is 12.1. The van der Waals surface area contributed by atoms with Crippen LogP contribution in [0.25, 0.3) is 0 Å². The van der Waals surface area contributed by atoms with Gasteiger partial charge in [0.2, 0.25) is 0 Å². The number of hydrogen-bond donors (Lipinski definition) is 4. The lowest BCUT2D eigenvalue weighted by atomic mass is 10.1. The third-order valence-electron chi connectivity index (χ3n) is 2.51. The average Bonchev–Trinajstić information content (AvgIpc) is 2.29. The van der Waals surface area contributed by atoms with Gasteiger partial charge in [0.1, 0.15) is 0 Å². The number of hydrogen-bond acceptors (Lipinski definition) is 5. The molecule has 0 saturated heterocycles. The van der Waals surface area contributed by atoms with E-state index < -0.39 is 5.91 Å². The number of methoxy groups -OCH3 is 1. The second-order valence-electron chi connectivity index (χ2n) is 3.98. The highest BCUT2D eigenvalue weighted by Crippen LogP contribution is 2.20. The molecule has 0 aliphatic heterocycles. The van der Waals surface area contributed by atoms with Crippen molar-refractivity contribution in [2.45, 2.75) is 12.5 Å². The van der Waals surface area contributed by atoms with E-state index in [0.29, 0.717) is 30.0 Å². The van der Waals surface area contributed by atoms with Crippen LogP contribution in [0, 0.1) is 0 Å². The number of benzene rings is 1. The van der Waals surface area contributed by atoms with Crippen molar-refractivity contribution in [3.05, 3.63) is 23.8 Å².